The SMILES string of the molecule is Cl.Cl.NC1CCN(CCCF)C1. The molecule has 1 atom stereocenters. The minimum absolute atomic E-state index is 0. The van der Waals surface area contributed by atoms with Gasteiger partial charge in [0, 0.05) is 19.1 Å². The van der Waals surface area contributed by atoms with Crippen molar-refractivity contribution in [2.75, 3.05) is 26.3 Å². The lowest BCUT2D eigenvalue weighted by molar-refractivity contribution is 0.309. The number of nitrogens with two attached hydrogens (primary N) is 1. The molecule has 2 nitrogen and oxygen atoms in total. The molecule has 1 heterocycles. The predicted octanol–water partition coefficient (Wildman–Crippen LogP) is 1.22. The number of hydrogen-bond donors (Lipinski definition) is 1. The Bertz CT molecular complexity index is 105. The van der Waals surface area contributed by atoms with Crippen molar-refractivity contribution in [2.45, 2.75) is 18.9 Å². The van der Waals surface area contributed by atoms with Crippen LogP contribution in [0.15, 0.2) is 0 Å². The molecule has 2 N–H and O–H groups in total. The van der Waals surface area contributed by atoms with Gasteiger partial charge < -0.3 is 10.6 Å². The van der Waals surface area contributed by atoms with Crippen LogP contribution in [0.2, 0.25) is 0 Å². The molecular formula is C7H17Cl2FN2. The number of likely N-dealkylation sites (tertiary alicyclic amines) is 1. The maximum atomic E-state index is 11.7. The van der Waals surface area contributed by atoms with E-state index in [9.17, 15) is 4.39 Å². The van der Waals surface area contributed by atoms with E-state index in [-0.39, 0.29) is 31.5 Å². The van der Waals surface area contributed by atoms with Gasteiger partial charge in [-0.1, -0.05) is 0 Å². The fourth-order valence-corrected chi connectivity index (χ4v) is 1.35. The van der Waals surface area contributed by atoms with E-state index in [1.165, 1.54) is 0 Å². The van der Waals surface area contributed by atoms with Crippen molar-refractivity contribution in [3.63, 3.8) is 0 Å². The summed E-state index contributed by atoms with van der Waals surface area (Å²) in [5.74, 6) is 0. The first kappa shape index (κ1) is 14.9. The van der Waals surface area contributed by atoms with Crippen LogP contribution in [0.3, 0.4) is 0 Å². The number of hydrogen-bond acceptors (Lipinski definition) is 2. The first-order valence-corrected chi connectivity index (χ1v) is 3.87. The third kappa shape index (κ3) is 5.14. The molecule has 1 saturated heterocycles. The third-order valence-electron chi connectivity index (χ3n) is 1.92. The Kier molecular flexibility index (Phi) is 10.0. The van der Waals surface area contributed by atoms with Gasteiger partial charge in [-0.3, -0.25) is 4.39 Å². The molecule has 1 aliphatic rings. The third-order valence-corrected chi connectivity index (χ3v) is 1.92. The van der Waals surface area contributed by atoms with Crippen molar-refractivity contribution >= 4 is 24.8 Å². The van der Waals surface area contributed by atoms with Crippen molar-refractivity contribution in [3.05, 3.63) is 0 Å². The minimum atomic E-state index is -0.203. The van der Waals surface area contributed by atoms with Crippen molar-refractivity contribution in [1.82, 2.24) is 4.90 Å². The summed E-state index contributed by atoms with van der Waals surface area (Å²) in [6.45, 7) is 2.69. The summed E-state index contributed by atoms with van der Waals surface area (Å²) in [6, 6.07) is 0.333. The van der Waals surface area contributed by atoms with Crippen LogP contribution in [-0.2, 0) is 0 Å². The van der Waals surface area contributed by atoms with Gasteiger partial charge in [0.15, 0.2) is 0 Å². The van der Waals surface area contributed by atoms with Gasteiger partial charge in [0.25, 0.3) is 0 Å². The van der Waals surface area contributed by atoms with E-state index in [1.807, 2.05) is 0 Å². The number of alkyl halides is 1. The maximum Gasteiger partial charge on any atom is 0.0906 e. The smallest absolute Gasteiger partial charge is 0.0906 e. The molecule has 5 heteroatoms. The number of halogens is 3. The van der Waals surface area contributed by atoms with E-state index in [2.05, 4.69) is 4.90 Å². The van der Waals surface area contributed by atoms with E-state index < -0.39 is 0 Å². The summed E-state index contributed by atoms with van der Waals surface area (Å²) in [5.41, 5.74) is 5.66. The Morgan fingerprint density at radius 3 is 2.50 bits per heavy atom. The van der Waals surface area contributed by atoms with Gasteiger partial charge in [0.05, 0.1) is 6.67 Å². The van der Waals surface area contributed by atoms with E-state index >= 15 is 0 Å². The summed E-state index contributed by atoms with van der Waals surface area (Å²) in [5, 5.41) is 0. The molecule has 0 bridgehead atoms. The van der Waals surface area contributed by atoms with E-state index in [1.54, 1.807) is 0 Å². The van der Waals surface area contributed by atoms with Crippen molar-refractivity contribution in [1.29, 1.82) is 0 Å². The Morgan fingerprint density at radius 1 is 1.42 bits per heavy atom. The van der Waals surface area contributed by atoms with E-state index in [0.29, 0.717) is 12.5 Å². The maximum absolute atomic E-state index is 11.7. The second kappa shape index (κ2) is 8.05. The van der Waals surface area contributed by atoms with Crippen LogP contribution in [0.25, 0.3) is 0 Å². The molecule has 76 valence electrons. The van der Waals surface area contributed by atoms with Crippen LogP contribution in [0.5, 0.6) is 0 Å². The van der Waals surface area contributed by atoms with Gasteiger partial charge in [-0.2, -0.15) is 0 Å². The van der Waals surface area contributed by atoms with Gasteiger partial charge >= 0.3 is 0 Å². The second-order valence-electron chi connectivity index (χ2n) is 2.89. The Hall–Kier alpha value is 0.430. The fourth-order valence-electron chi connectivity index (χ4n) is 1.35. The standard InChI is InChI=1S/C7H15FN2.2ClH/c8-3-1-4-10-5-2-7(9)6-10;;/h7H,1-6,9H2;2*1H. The van der Waals surface area contributed by atoms with E-state index in [4.69, 9.17) is 5.73 Å². The molecule has 1 unspecified atom stereocenters. The highest BCUT2D eigenvalue weighted by atomic mass is 35.5. The molecule has 0 aromatic rings. The molecule has 1 rings (SSSR count). The van der Waals surface area contributed by atoms with Gasteiger partial charge in [-0.05, 0) is 19.4 Å². The van der Waals surface area contributed by atoms with Crippen LogP contribution in [0, 0.1) is 0 Å². The monoisotopic (exact) mass is 218 g/mol. The second-order valence-corrected chi connectivity index (χ2v) is 2.89. The summed E-state index contributed by atoms with van der Waals surface area (Å²) < 4.78 is 11.7. The molecular weight excluding hydrogens is 202 g/mol. The van der Waals surface area contributed by atoms with Crippen LogP contribution in [0.1, 0.15) is 12.8 Å². The highest BCUT2D eigenvalue weighted by Gasteiger charge is 2.17. The molecule has 0 amide bonds. The molecule has 0 aromatic carbocycles. The van der Waals surface area contributed by atoms with Crippen molar-refractivity contribution < 1.29 is 4.39 Å². The van der Waals surface area contributed by atoms with Gasteiger partial charge in [-0.15, -0.1) is 24.8 Å². The largest absolute Gasteiger partial charge is 0.326 e. The summed E-state index contributed by atoms with van der Waals surface area (Å²) >= 11 is 0. The quantitative estimate of drug-likeness (QED) is 0.773. The summed E-state index contributed by atoms with van der Waals surface area (Å²) in [4.78, 5) is 2.23. The van der Waals surface area contributed by atoms with Gasteiger partial charge in [0.1, 0.15) is 0 Å². The van der Waals surface area contributed by atoms with Gasteiger partial charge in [-0.25, -0.2) is 0 Å². The molecule has 1 fully saturated rings. The Balaban J connectivity index is 0. The predicted molar refractivity (Wildman–Crippen MR) is 54.1 cm³/mol. The van der Waals surface area contributed by atoms with Gasteiger partial charge in [0.2, 0.25) is 0 Å². The normalized spacial score (nSPS) is 23.0. The highest BCUT2D eigenvalue weighted by molar-refractivity contribution is 5.85. The number of rotatable bonds is 3. The van der Waals surface area contributed by atoms with E-state index in [0.717, 1.165) is 26.1 Å². The molecule has 0 aliphatic carbocycles. The molecule has 0 aromatic heterocycles. The summed E-state index contributed by atoms with van der Waals surface area (Å²) in [6.07, 6.45) is 1.74. The zero-order valence-corrected chi connectivity index (χ0v) is 8.67. The minimum Gasteiger partial charge on any atom is -0.326 e. The van der Waals surface area contributed by atoms with Crippen LogP contribution >= 0.6 is 24.8 Å². The lowest BCUT2D eigenvalue weighted by Crippen LogP contribution is -2.27. The molecule has 0 radical (unpaired) electrons. The Labute approximate surface area is 85.5 Å². The van der Waals surface area contributed by atoms with Crippen LogP contribution < -0.4 is 5.73 Å². The highest BCUT2D eigenvalue weighted by Crippen LogP contribution is 2.06. The zero-order valence-electron chi connectivity index (χ0n) is 7.04. The van der Waals surface area contributed by atoms with Crippen molar-refractivity contribution in [3.8, 4) is 0 Å². The number of nitrogens with zero attached hydrogens (tertiary/aromatic N) is 1. The molecule has 0 spiro atoms. The van der Waals surface area contributed by atoms with Crippen LogP contribution in [0.4, 0.5) is 4.39 Å². The molecule has 0 saturated carbocycles. The zero-order chi connectivity index (χ0) is 7.40. The average molecular weight is 219 g/mol. The molecule has 12 heavy (non-hydrogen) atoms. The fraction of sp³-hybridized carbons (Fsp3) is 1.00. The lowest BCUT2D eigenvalue weighted by atomic mass is 10.3. The first-order valence-electron chi connectivity index (χ1n) is 3.87. The summed E-state index contributed by atoms with van der Waals surface area (Å²) in [7, 11) is 0. The topological polar surface area (TPSA) is 29.3 Å². The first-order chi connectivity index (χ1) is 4.83. The van der Waals surface area contributed by atoms with Crippen LogP contribution in [-0.4, -0.2) is 37.3 Å². The average Bonchev–Trinajstić information content (AvgIpc) is 2.31. The Morgan fingerprint density at radius 2 is 2.08 bits per heavy atom. The molecule has 1 aliphatic heterocycles. The lowest BCUT2D eigenvalue weighted by Gasteiger charge is -2.12. The van der Waals surface area contributed by atoms with Crippen molar-refractivity contribution in [2.24, 2.45) is 5.73 Å².